The minimum absolute atomic E-state index is 0.0507. The Morgan fingerprint density at radius 1 is 1.15 bits per heavy atom. The number of aromatic hydroxyl groups is 1. The molecule has 2 N–H and O–H groups in total. The third-order valence-corrected chi connectivity index (χ3v) is 6.00. The number of piperidine rings is 1. The number of rotatable bonds is 7. The summed E-state index contributed by atoms with van der Waals surface area (Å²) in [5, 5.41) is 27.0. The largest absolute Gasteiger partial charge is 0.493 e. The number of hydrogen-bond acceptors (Lipinski definition) is 6. The number of aromatic nitrogens is 3. The van der Waals surface area contributed by atoms with Gasteiger partial charge in [-0.25, -0.2) is 4.98 Å². The first-order valence-corrected chi connectivity index (χ1v) is 11.3. The van der Waals surface area contributed by atoms with E-state index in [-0.39, 0.29) is 11.8 Å². The van der Waals surface area contributed by atoms with Gasteiger partial charge >= 0.3 is 0 Å². The van der Waals surface area contributed by atoms with E-state index in [1.54, 1.807) is 36.5 Å². The Morgan fingerprint density at radius 2 is 1.97 bits per heavy atom. The number of hydrogen-bond donors (Lipinski definition) is 2. The van der Waals surface area contributed by atoms with Crippen molar-refractivity contribution in [2.75, 3.05) is 26.2 Å². The number of amides is 1. The third kappa shape index (κ3) is 5.21. The lowest BCUT2D eigenvalue weighted by atomic mass is 10.0. The lowest BCUT2D eigenvalue weighted by Crippen LogP contribution is -2.33. The van der Waals surface area contributed by atoms with Crippen molar-refractivity contribution in [2.45, 2.75) is 32.6 Å². The quantitative estimate of drug-likeness (QED) is 0.541. The minimum atomic E-state index is -0.161. The maximum Gasteiger partial charge on any atom is 0.252 e. The van der Waals surface area contributed by atoms with Crippen LogP contribution in [-0.2, 0) is 0 Å². The van der Waals surface area contributed by atoms with Crippen molar-refractivity contribution in [3.8, 4) is 28.9 Å². The highest BCUT2D eigenvalue weighted by Gasteiger charge is 2.16. The third-order valence-electron chi connectivity index (χ3n) is 6.00. The molecule has 4 rings (SSSR count). The van der Waals surface area contributed by atoms with Gasteiger partial charge in [-0.1, -0.05) is 12.5 Å². The molecule has 2 aromatic heterocycles. The molecule has 33 heavy (non-hydrogen) atoms. The average Bonchev–Trinajstić information content (AvgIpc) is 3.23. The number of pyridine rings is 1. The smallest absolute Gasteiger partial charge is 0.252 e. The van der Waals surface area contributed by atoms with Crippen LogP contribution in [-0.4, -0.2) is 56.9 Å². The predicted octanol–water partition coefficient (Wildman–Crippen LogP) is 3.43. The van der Waals surface area contributed by atoms with Gasteiger partial charge in [-0.3, -0.25) is 4.79 Å². The van der Waals surface area contributed by atoms with E-state index in [4.69, 9.17) is 5.26 Å². The van der Waals surface area contributed by atoms with Gasteiger partial charge in [0.25, 0.3) is 5.91 Å². The second-order valence-electron chi connectivity index (χ2n) is 8.35. The number of nitrogens with zero attached hydrogens (tertiary/aromatic N) is 5. The van der Waals surface area contributed by atoms with Gasteiger partial charge in [0.15, 0.2) is 5.82 Å². The molecular weight excluding hydrogens is 416 g/mol. The van der Waals surface area contributed by atoms with Crippen LogP contribution in [0.2, 0.25) is 0 Å². The molecule has 0 bridgehead atoms. The molecule has 3 aromatic rings. The van der Waals surface area contributed by atoms with E-state index in [2.05, 4.69) is 26.4 Å². The number of aryl methyl sites for hydroxylation is 1. The van der Waals surface area contributed by atoms with Crippen LogP contribution < -0.4 is 5.32 Å². The van der Waals surface area contributed by atoms with Crippen molar-refractivity contribution in [3.05, 3.63) is 59.4 Å². The molecular formula is C25H28N6O2. The zero-order valence-corrected chi connectivity index (χ0v) is 18.8. The van der Waals surface area contributed by atoms with E-state index < -0.39 is 0 Å². The zero-order valence-electron chi connectivity index (χ0n) is 18.8. The molecule has 1 saturated heterocycles. The fourth-order valence-electron chi connectivity index (χ4n) is 4.17. The molecule has 0 aliphatic carbocycles. The Hall–Kier alpha value is -3.70. The van der Waals surface area contributed by atoms with Gasteiger partial charge in [-0.05, 0) is 81.2 Å². The summed E-state index contributed by atoms with van der Waals surface area (Å²) < 4.78 is 1.33. The van der Waals surface area contributed by atoms with Crippen molar-refractivity contribution in [1.29, 1.82) is 5.26 Å². The Labute approximate surface area is 193 Å². The van der Waals surface area contributed by atoms with Crippen LogP contribution in [0.4, 0.5) is 0 Å². The second kappa shape index (κ2) is 10.3. The maximum absolute atomic E-state index is 12.4. The van der Waals surface area contributed by atoms with E-state index >= 15 is 0 Å². The molecule has 1 fully saturated rings. The van der Waals surface area contributed by atoms with Gasteiger partial charge in [-0.2, -0.15) is 15.0 Å². The van der Waals surface area contributed by atoms with Gasteiger partial charge in [0.05, 0.1) is 29.0 Å². The van der Waals surface area contributed by atoms with Crippen LogP contribution >= 0.6 is 0 Å². The highest BCUT2D eigenvalue weighted by Crippen LogP contribution is 2.33. The molecule has 8 nitrogen and oxygen atoms in total. The highest BCUT2D eigenvalue weighted by atomic mass is 16.3. The molecule has 3 heterocycles. The SMILES string of the molecule is Cc1cc(C#N)ccc1-c1cnn(-c2ccc(C(=O)NCCCN3CCCCC3)cn2)c1O. The molecule has 0 unspecified atom stereocenters. The number of nitrogens with one attached hydrogen (secondary N) is 1. The first kappa shape index (κ1) is 22.5. The van der Waals surface area contributed by atoms with Gasteiger partial charge in [0, 0.05) is 12.7 Å². The number of likely N-dealkylation sites (tertiary alicyclic amines) is 1. The Kier molecular flexibility index (Phi) is 7.01. The first-order chi connectivity index (χ1) is 16.1. The van der Waals surface area contributed by atoms with Crippen molar-refractivity contribution in [3.63, 3.8) is 0 Å². The molecule has 170 valence electrons. The maximum atomic E-state index is 12.4. The summed E-state index contributed by atoms with van der Waals surface area (Å²) in [7, 11) is 0. The van der Waals surface area contributed by atoms with Crippen LogP contribution in [0, 0.1) is 18.3 Å². The summed E-state index contributed by atoms with van der Waals surface area (Å²) in [6.07, 6.45) is 7.84. The summed E-state index contributed by atoms with van der Waals surface area (Å²) in [4.78, 5) is 19.2. The summed E-state index contributed by atoms with van der Waals surface area (Å²) in [6.45, 7) is 5.84. The highest BCUT2D eigenvalue weighted by molar-refractivity contribution is 5.93. The lowest BCUT2D eigenvalue weighted by molar-refractivity contribution is 0.0950. The first-order valence-electron chi connectivity index (χ1n) is 11.3. The van der Waals surface area contributed by atoms with Crippen LogP contribution in [0.1, 0.15) is 47.2 Å². The molecule has 8 heteroatoms. The monoisotopic (exact) mass is 444 g/mol. The van der Waals surface area contributed by atoms with E-state index in [0.29, 0.717) is 29.1 Å². The molecule has 1 aromatic carbocycles. The van der Waals surface area contributed by atoms with Crippen molar-refractivity contribution in [2.24, 2.45) is 0 Å². The summed E-state index contributed by atoms with van der Waals surface area (Å²) in [5.74, 6) is 0.197. The number of carbonyl (C=O) groups is 1. The topological polar surface area (TPSA) is 107 Å². The Bertz CT molecular complexity index is 1160. The van der Waals surface area contributed by atoms with Gasteiger partial charge < -0.3 is 15.3 Å². The van der Waals surface area contributed by atoms with Crippen molar-refractivity contribution >= 4 is 5.91 Å². The molecule has 1 amide bonds. The summed E-state index contributed by atoms with van der Waals surface area (Å²) in [6, 6.07) is 10.7. The van der Waals surface area contributed by atoms with Crippen LogP contribution in [0.5, 0.6) is 5.88 Å². The lowest BCUT2D eigenvalue weighted by Gasteiger charge is -2.26. The van der Waals surface area contributed by atoms with Gasteiger partial charge in [-0.15, -0.1) is 0 Å². The Balaban J connectivity index is 1.38. The molecule has 0 saturated carbocycles. The fraction of sp³-hybridized carbons (Fsp3) is 0.360. The van der Waals surface area contributed by atoms with E-state index in [9.17, 15) is 9.90 Å². The molecule has 0 atom stereocenters. The van der Waals surface area contributed by atoms with E-state index in [1.807, 2.05) is 6.92 Å². The molecule has 0 spiro atoms. The fourth-order valence-corrected chi connectivity index (χ4v) is 4.17. The van der Waals surface area contributed by atoms with Crippen LogP contribution in [0.15, 0.2) is 42.7 Å². The van der Waals surface area contributed by atoms with Gasteiger partial charge in [0.1, 0.15) is 0 Å². The number of carbonyl (C=O) groups excluding carboxylic acids is 1. The van der Waals surface area contributed by atoms with E-state index in [0.717, 1.165) is 37.2 Å². The number of nitriles is 1. The van der Waals surface area contributed by atoms with E-state index in [1.165, 1.54) is 30.1 Å². The average molecular weight is 445 g/mol. The zero-order chi connectivity index (χ0) is 23.2. The van der Waals surface area contributed by atoms with Crippen LogP contribution in [0.25, 0.3) is 16.9 Å². The van der Waals surface area contributed by atoms with Crippen molar-refractivity contribution in [1.82, 2.24) is 25.0 Å². The van der Waals surface area contributed by atoms with Crippen molar-refractivity contribution < 1.29 is 9.90 Å². The Morgan fingerprint density at radius 3 is 2.67 bits per heavy atom. The molecule has 1 aliphatic heterocycles. The number of benzene rings is 1. The second-order valence-corrected chi connectivity index (χ2v) is 8.35. The predicted molar refractivity (Wildman–Crippen MR) is 125 cm³/mol. The standard InChI is InChI=1S/C25H28N6O2/c1-18-14-19(15-26)6-8-21(18)22-17-29-31(25(22)33)23-9-7-20(16-28-23)24(32)27-10-5-13-30-11-3-2-4-12-30/h6-9,14,16-17,33H,2-5,10-13H2,1H3,(H,27,32). The molecule has 1 aliphatic rings. The normalized spacial score (nSPS) is 14.1. The summed E-state index contributed by atoms with van der Waals surface area (Å²) >= 11 is 0. The van der Waals surface area contributed by atoms with Gasteiger partial charge in [0.2, 0.25) is 5.88 Å². The minimum Gasteiger partial charge on any atom is -0.493 e. The van der Waals surface area contributed by atoms with Crippen LogP contribution in [0.3, 0.4) is 0 Å². The molecule has 0 radical (unpaired) electrons. The summed E-state index contributed by atoms with van der Waals surface area (Å²) in [5.41, 5.74) is 3.23.